The summed E-state index contributed by atoms with van der Waals surface area (Å²) in [7, 11) is -7.49. The molecule has 0 unspecified atom stereocenters. The lowest BCUT2D eigenvalue weighted by Gasteiger charge is -2.40. The average Bonchev–Trinajstić information content (AvgIpc) is 3.27. The summed E-state index contributed by atoms with van der Waals surface area (Å²) in [5, 5.41) is 11.1. The number of hydrogen-bond acceptors (Lipinski definition) is 10. The van der Waals surface area contributed by atoms with E-state index in [1.54, 1.807) is 52.5 Å². The number of nitrogens with zero attached hydrogens (tertiary/aromatic N) is 5. The van der Waals surface area contributed by atoms with Crippen LogP contribution in [0.5, 0.6) is 0 Å². The lowest BCUT2D eigenvalue weighted by atomic mass is 10.00. The van der Waals surface area contributed by atoms with E-state index in [1.807, 2.05) is 37.3 Å². The molecule has 9 rings (SSSR count). The van der Waals surface area contributed by atoms with Gasteiger partial charge < -0.3 is 14.6 Å². The second-order valence-corrected chi connectivity index (χ2v) is 19.4. The zero-order chi connectivity index (χ0) is 43.1. The zero-order valence-corrected chi connectivity index (χ0v) is 35.4. The highest BCUT2D eigenvalue weighted by atomic mass is 35.5. The van der Waals surface area contributed by atoms with E-state index in [1.165, 1.54) is 26.8 Å². The number of sulfonamides is 2. The number of carboxylic acids is 1. The van der Waals surface area contributed by atoms with E-state index in [4.69, 9.17) is 26.2 Å². The van der Waals surface area contributed by atoms with Gasteiger partial charge in [-0.1, -0.05) is 54.1 Å². The number of aromatic nitrogens is 1. The first kappa shape index (κ1) is 42.1. The summed E-state index contributed by atoms with van der Waals surface area (Å²) >= 11 is 6.23. The Morgan fingerprint density at radius 2 is 1.38 bits per heavy atom. The molecule has 0 bridgehead atoms. The van der Waals surface area contributed by atoms with E-state index < -0.39 is 32.1 Å². The van der Waals surface area contributed by atoms with Gasteiger partial charge in [-0.05, 0) is 80.6 Å². The van der Waals surface area contributed by atoms with E-state index in [0.717, 1.165) is 33.8 Å². The number of carbonyl (C=O) groups excluding carboxylic acids is 2. The number of cyclic esters (lactones) is 2. The number of pyridine rings is 1. The van der Waals surface area contributed by atoms with Crippen LogP contribution in [-0.4, -0.2) is 92.0 Å². The van der Waals surface area contributed by atoms with Gasteiger partial charge in [-0.3, -0.25) is 14.8 Å². The highest BCUT2D eigenvalue weighted by Gasteiger charge is 2.39. The maximum atomic E-state index is 13.4. The number of rotatable bonds is 7. The number of amides is 2. The molecular formula is C43H42ClN5O10S2. The molecule has 0 spiro atoms. The number of fused-ring (bicyclic) bond motifs is 3. The minimum Gasteiger partial charge on any atom is -0.478 e. The molecule has 61 heavy (non-hydrogen) atoms. The third-order valence-electron chi connectivity index (χ3n) is 11.6. The van der Waals surface area contributed by atoms with Crippen molar-refractivity contribution in [2.24, 2.45) is 0 Å². The van der Waals surface area contributed by atoms with Crippen molar-refractivity contribution in [3.05, 3.63) is 125 Å². The van der Waals surface area contributed by atoms with Crippen LogP contribution in [0.1, 0.15) is 52.7 Å². The predicted octanol–water partition coefficient (Wildman–Crippen LogP) is 7.20. The van der Waals surface area contributed by atoms with Gasteiger partial charge in [0.2, 0.25) is 20.0 Å². The van der Waals surface area contributed by atoms with Crippen molar-refractivity contribution in [2.75, 3.05) is 36.0 Å². The summed E-state index contributed by atoms with van der Waals surface area (Å²) in [5.74, 6) is -1.19. The van der Waals surface area contributed by atoms with Crippen LogP contribution in [0.25, 0.3) is 10.8 Å². The SMILES string of the molecule is Cc1cccc2c1N(C1CCN(S(=O)(=O)c3cccc4cnccc34)CC1)C(=O)OC2.O=C(O)c1cccc(S(=O)(=O)N2CCC(N3C(=O)OCc4c(Cl)cccc43)CC2)c1. The number of hydrogen-bond donors (Lipinski definition) is 1. The minimum absolute atomic E-state index is 0.0599. The van der Waals surface area contributed by atoms with Crippen LogP contribution in [0.15, 0.2) is 107 Å². The number of para-hydroxylation sites is 1. The van der Waals surface area contributed by atoms with Crippen molar-refractivity contribution in [1.82, 2.24) is 13.6 Å². The second-order valence-electron chi connectivity index (χ2n) is 15.1. The first-order chi connectivity index (χ1) is 29.3. The predicted molar refractivity (Wildman–Crippen MR) is 227 cm³/mol. The van der Waals surface area contributed by atoms with Crippen molar-refractivity contribution >= 4 is 72.0 Å². The Bertz CT molecular complexity index is 2750. The molecule has 2 fully saturated rings. The smallest absolute Gasteiger partial charge is 0.414 e. The van der Waals surface area contributed by atoms with Crippen molar-refractivity contribution in [3.8, 4) is 0 Å². The molecule has 318 valence electrons. The van der Waals surface area contributed by atoms with Gasteiger partial charge in [-0.2, -0.15) is 8.61 Å². The molecule has 2 saturated heterocycles. The average molecular weight is 888 g/mol. The number of benzene rings is 4. The normalized spacial score (nSPS) is 18.1. The molecule has 18 heteroatoms. The fourth-order valence-corrected chi connectivity index (χ4v) is 11.9. The summed E-state index contributed by atoms with van der Waals surface area (Å²) in [6, 6.07) is 23.2. The maximum Gasteiger partial charge on any atom is 0.414 e. The molecule has 0 radical (unpaired) electrons. The Kier molecular flexibility index (Phi) is 11.8. The molecule has 0 saturated carbocycles. The number of anilines is 2. The van der Waals surface area contributed by atoms with Crippen molar-refractivity contribution in [2.45, 2.75) is 67.7 Å². The van der Waals surface area contributed by atoms with E-state index in [0.29, 0.717) is 59.8 Å². The highest BCUT2D eigenvalue weighted by molar-refractivity contribution is 7.89. The summed E-state index contributed by atoms with van der Waals surface area (Å²) < 4.78 is 66.2. The van der Waals surface area contributed by atoms with E-state index in [9.17, 15) is 31.2 Å². The Balaban J connectivity index is 0.000000169. The number of carbonyl (C=O) groups is 3. The minimum atomic E-state index is -3.84. The molecule has 5 aromatic rings. The molecule has 0 aliphatic carbocycles. The number of halogens is 1. The van der Waals surface area contributed by atoms with Crippen molar-refractivity contribution in [1.29, 1.82) is 0 Å². The Morgan fingerprint density at radius 1 is 0.754 bits per heavy atom. The Morgan fingerprint density at radius 3 is 2.10 bits per heavy atom. The van der Waals surface area contributed by atoms with Gasteiger partial charge in [0.05, 0.1) is 26.7 Å². The van der Waals surface area contributed by atoms with Crippen LogP contribution in [-0.2, 0) is 42.7 Å². The van der Waals surface area contributed by atoms with E-state index >= 15 is 0 Å². The number of piperidine rings is 2. The Hall–Kier alpha value is -5.59. The fraction of sp³-hybridized carbons (Fsp3) is 0.302. The van der Waals surface area contributed by atoms with Gasteiger partial charge in [-0.15, -0.1) is 0 Å². The molecule has 0 atom stereocenters. The highest BCUT2D eigenvalue weighted by Crippen LogP contribution is 2.38. The standard InChI is InChI=1S/C23H23N3O4S.C20H19ClN2O6S/c1-16-4-2-6-18-15-30-23(27)26(22(16)18)19-9-12-25(13-10-19)31(28,29)21-7-3-5-17-14-24-11-8-20(17)21;21-17-5-2-6-18-16(17)12-29-20(26)23(18)14-7-9-22(10-8-14)30(27,28)15-4-1-3-13(11-15)19(24)25/h2-8,11,14,19H,9-10,12-13,15H2,1H3;1-6,11,14H,7-10,12H2,(H,24,25). The van der Waals surface area contributed by atoms with Gasteiger partial charge in [0.25, 0.3) is 0 Å². The van der Waals surface area contributed by atoms with Gasteiger partial charge in [0.1, 0.15) is 13.2 Å². The second kappa shape index (κ2) is 17.1. The number of carboxylic acid groups (broad SMARTS) is 1. The molecule has 15 nitrogen and oxygen atoms in total. The van der Waals surface area contributed by atoms with Gasteiger partial charge in [0, 0.05) is 77.6 Å². The first-order valence-electron chi connectivity index (χ1n) is 19.7. The maximum absolute atomic E-state index is 13.4. The van der Waals surface area contributed by atoms with Crippen LogP contribution in [0.2, 0.25) is 5.02 Å². The summed E-state index contributed by atoms with van der Waals surface area (Å²) in [5.41, 5.74) is 4.25. The molecule has 4 aromatic carbocycles. The zero-order valence-electron chi connectivity index (χ0n) is 33.0. The van der Waals surface area contributed by atoms with Crippen molar-refractivity contribution < 1.29 is 45.8 Å². The number of aryl methyl sites for hydroxylation is 1. The molecular weight excluding hydrogens is 846 g/mol. The van der Waals surface area contributed by atoms with Crippen LogP contribution in [0.3, 0.4) is 0 Å². The Labute approximate surface area is 358 Å². The van der Waals surface area contributed by atoms with Crippen molar-refractivity contribution in [3.63, 3.8) is 0 Å². The van der Waals surface area contributed by atoms with Gasteiger partial charge in [0.15, 0.2) is 0 Å². The largest absolute Gasteiger partial charge is 0.478 e. The third kappa shape index (κ3) is 8.15. The fourth-order valence-electron chi connectivity index (χ4n) is 8.45. The summed E-state index contributed by atoms with van der Waals surface area (Å²) in [4.78, 5) is 43.8. The molecule has 2 amide bonds. The number of aromatic carboxylic acids is 1. The molecule has 1 N–H and O–H groups in total. The first-order valence-corrected chi connectivity index (χ1v) is 23.0. The molecule has 5 heterocycles. The molecule has 4 aliphatic rings. The lowest BCUT2D eigenvalue weighted by molar-refractivity contribution is 0.0696. The topological polar surface area (TPSA) is 184 Å². The lowest BCUT2D eigenvalue weighted by Crippen LogP contribution is -2.50. The van der Waals surface area contributed by atoms with Crippen LogP contribution in [0, 0.1) is 6.92 Å². The van der Waals surface area contributed by atoms with Gasteiger partial charge in [-0.25, -0.2) is 31.2 Å². The third-order valence-corrected chi connectivity index (χ3v) is 15.8. The quantitative estimate of drug-likeness (QED) is 0.174. The number of ether oxygens (including phenoxy) is 2. The summed E-state index contributed by atoms with van der Waals surface area (Å²) in [6.07, 6.45) is 4.38. The van der Waals surface area contributed by atoms with Crippen LogP contribution >= 0.6 is 11.6 Å². The van der Waals surface area contributed by atoms with E-state index in [-0.39, 0.29) is 54.9 Å². The monoisotopic (exact) mass is 887 g/mol. The van der Waals surface area contributed by atoms with Gasteiger partial charge >= 0.3 is 18.2 Å². The van der Waals surface area contributed by atoms with Crippen LogP contribution in [0.4, 0.5) is 21.0 Å². The molecule has 1 aromatic heterocycles. The van der Waals surface area contributed by atoms with E-state index in [2.05, 4.69) is 4.98 Å². The molecule has 4 aliphatic heterocycles. The summed E-state index contributed by atoms with van der Waals surface area (Å²) in [6.45, 7) is 3.46. The van der Waals surface area contributed by atoms with Crippen LogP contribution < -0.4 is 9.80 Å².